The lowest BCUT2D eigenvalue weighted by Gasteiger charge is -2.52. The molecule has 0 unspecified atom stereocenters. The third-order valence-corrected chi connectivity index (χ3v) is 4.45. The number of amides is 3. The van der Waals surface area contributed by atoms with Crippen LogP contribution in [0.5, 0.6) is 0 Å². The number of fused-ring (bicyclic) bond motifs is 1. The topological polar surface area (TPSA) is 92.8 Å². The summed E-state index contributed by atoms with van der Waals surface area (Å²) in [4.78, 5) is 52.2. The number of rotatable bonds is 2. The molecule has 1 aliphatic carbocycles. The molecule has 1 spiro atoms. The molecule has 2 fully saturated rings. The number of benzene rings is 1. The lowest BCUT2D eigenvalue weighted by Crippen LogP contribution is -2.68. The summed E-state index contributed by atoms with van der Waals surface area (Å²) >= 11 is 0. The molecule has 0 aromatic heterocycles. The predicted octanol–water partition coefficient (Wildman–Crippen LogP) is 0.410. The van der Waals surface area contributed by atoms with Gasteiger partial charge in [0.25, 0.3) is 11.8 Å². The van der Waals surface area contributed by atoms with Gasteiger partial charge in [-0.1, -0.05) is 17.2 Å². The van der Waals surface area contributed by atoms with Crippen LogP contribution in [0.2, 0.25) is 0 Å². The fourth-order valence-corrected chi connectivity index (χ4v) is 3.30. The first-order valence-corrected chi connectivity index (χ1v) is 7.00. The zero-order valence-electron chi connectivity index (χ0n) is 11.5. The molecule has 0 bridgehead atoms. The minimum absolute atomic E-state index is 0.0211. The van der Waals surface area contributed by atoms with Gasteiger partial charge >= 0.3 is 5.97 Å². The van der Waals surface area contributed by atoms with E-state index in [-0.39, 0.29) is 22.6 Å². The highest BCUT2D eigenvalue weighted by atomic mass is 16.7. The lowest BCUT2D eigenvalue weighted by molar-refractivity contribution is -0.182. The maximum absolute atomic E-state index is 12.1. The quantitative estimate of drug-likeness (QED) is 0.631. The van der Waals surface area contributed by atoms with Crippen molar-refractivity contribution in [3.8, 4) is 0 Å². The van der Waals surface area contributed by atoms with Crippen molar-refractivity contribution in [2.24, 2.45) is 5.92 Å². The smallest absolute Gasteiger partial charge is 0.336 e. The van der Waals surface area contributed by atoms with E-state index in [2.05, 4.69) is 5.32 Å². The maximum atomic E-state index is 12.1. The Labute approximate surface area is 125 Å². The Kier molecular flexibility index (Phi) is 2.46. The van der Waals surface area contributed by atoms with E-state index in [0.717, 1.165) is 0 Å². The largest absolute Gasteiger partial charge is 0.350 e. The molecule has 112 valence electrons. The first kappa shape index (κ1) is 13.0. The molecule has 0 atom stereocenters. The van der Waals surface area contributed by atoms with Crippen LogP contribution in [-0.4, -0.2) is 34.3 Å². The highest BCUT2D eigenvalue weighted by Crippen LogP contribution is 2.45. The SMILES string of the molecule is O=C1CC2(CC(C(=O)ON3C(=O)c4ccccc4C3=O)C2)N1. The monoisotopic (exact) mass is 300 g/mol. The Balaban J connectivity index is 1.43. The van der Waals surface area contributed by atoms with Gasteiger partial charge in [-0.25, -0.2) is 4.79 Å². The third-order valence-electron chi connectivity index (χ3n) is 4.45. The Bertz CT molecular complexity index is 690. The molecule has 2 heterocycles. The molecule has 3 amide bonds. The molecule has 1 aromatic rings. The van der Waals surface area contributed by atoms with Gasteiger partial charge in [-0.15, -0.1) is 0 Å². The standard InChI is InChI=1S/C15H12N2O5/c18-11-7-15(16-11)5-8(6-15)14(21)22-17-12(19)9-3-1-2-4-10(9)13(17)20/h1-4,8H,5-7H2,(H,16,18). The fraction of sp³-hybridized carbons (Fsp3) is 0.333. The summed E-state index contributed by atoms with van der Waals surface area (Å²) in [6, 6.07) is 6.33. The second-order valence-electron chi connectivity index (χ2n) is 5.97. The van der Waals surface area contributed by atoms with Crippen molar-refractivity contribution in [2.75, 3.05) is 0 Å². The van der Waals surface area contributed by atoms with Crippen LogP contribution in [0.15, 0.2) is 24.3 Å². The second-order valence-corrected chi connectivity index (χ2v) is 5.97. The summed E-state index contributed by atoms with van der Waals surface area (Å²) in [7, 11) is 0. The molecule has 1 N–H and O–H groups in total. The zero-order valence-corrected chi connectivity index (χ0v) is 11.5. The minimum atomic E-state index is -0.625. The maximum Gasteiger partial charge on any atom is 0.336 e. The van der Waals surface area contributed by atoms with Crippen LogP contribution in [0.25, 0.3) is 0 Å². The van der Waals surface area contributed by atoms with Gasteiger partial charge in [0.1, 0.15) is 0 Å². The average molecular weight is 300 g/mol. The third kappa shape index (κ3) is 1.68. The summed E-state index contributed by atoms with van der Waals surface area (Å²) in [6.45, 7) is 0. The van der Waals surface area contributed by atoms with Gasteiger partial charge < -0.3 is 10.2 Å². The Morgan fingerprint density at radius 3 is 2.18 bits per heavy atom. The van der Waals surface area contributed by atoms with E-state index in [1.54, 1.807) is 12.1 Å². The van der Waals surface area contributed by atoms with E-state index in [0.29, 0.717) is 24.3 Å². The number of carbonyl (C=O) groups excluding carboxylic acids is 4. The van der Waals surface area contributed by atoms with E-state index in [9.17, 15) is 19.2 Å². The molecule has 7 nitrogen and oxygen atoms in total. The molecule has 0 radical (unpaired) electrons. The number of β-lactam (4-membered cyclic amide) rings is 1. The Morgan fingerprint density at radius 2 is 1.68 bits per heavy atom. The molecule has 1 aromatic carbocycles. The highest BCUT2D eigenvalue weighted by molar-refractivity contribution is 6.20. The van der Waals surface area contributed by atoms with Gasteiger partial charge in [0.2, 0.25) is 5.91 Å². The van der Waals surface area contributed by atoms with Crippen LogP contribution in [-0.2, 0) is 14.4 Å². The van der Waals surface area contributed by atoms with Crippen molar-refractivity contribution in [3.05, 3.63) is 35.4 Å². The Hall–Kier alpha value is -2.70. The number of hydrogen-bond donors (Lipinski definition) is 1. The number of carbonyl (C=O) groups is 4. The summed E-state index contributed by atoms with van der Waals surface area (Å²) in [5.41, 5.74) is 0.191. The highest BCUT2D eigenvalue weighted by Gasteiger charge is 2.56. The van der Waals surface area contributed by atoms with E-state index in [1.807, 2.05) is 0 Å². The molecule has 4 rings (SSSR count). The van der Waals surface area contributed by atoms with Crippen LogP contribution in [0.1, 0.15) is 40.0 Å². The number of hydroxylamine groups is 2. The number of imide groups is 1. The number of nitrogens with zero attached hydrogens (tertiary/aromatic N) is 1. The van der Waals surface area contributed by atoms with E-state index >= 15 is 0 Å². The predicted molar refractivity (Wildman–Crippen MR) is 71.2 cm³/mol. The van der Waals surface area contributed by atoms with Crippen LogP contribution >= 0.6 is 0 Å². The molecule has 1 saturated carbocycles. The van der Waals surface area contributed by atoms with Gasteiger partial charge in [-0.2, -0.15) is 0 Å². The summed E-state index contributed by atoms with van der Waals surface area (Å²) < 4.78 is 0. The van der Waals surface area contributed by atoms with Crippen molar-refractivity contribution in [3.63, 3.8) is 0 Å². The van der Waals surface area contributed by atoms with E-state index in [1.165, 1.54) is 12.1 Å². The molecule has 22 heavy (non-hydrogen) atoms. The van der Waals surface area contributed by atoms with Gasteiger partial charge in [-0.3, -0.25) is 14.4 Å². The molecule has 2 aliphatic heterocycles. The zero-order chi connectivity index (χ0) is 15.5. The van der Waals surface area contributed by atoms with Crippen LogP contribution in [0.3, 0.4) is 0 Å². The first-order valence-electron chi connectivity index (χ1n) is 7.00. The van der Waals surface area contributed by atoms with Crippen molar-refractivity contribution in [2.45, 2.75) is 24.8 Å². The molecule has 7 heteroatoms. The summed E-state index contributed by atoms with van der Waals surface area (Å²) in [5, 5.41) is 3.30. The van der Waals surface area contributed by atoms with Gasteiger partial charge in [0.15, 0.2) is 0 Å². The van der Waals surface area contributed by atoms with E-state index < -0.39 is 23.7 Å². The molecule has 3 aliphatic rings. The first-order chi connectivity index (χ1) is 10.5. The molecule has 1 saturated heterocycles. The average Bonchev–Trinajstić information content (AvgIpc) is 2.67. The van der Waals surface area contributed by atoms with Crippen LogP contribution in [0.4, 0.5) is 0 Å². The van der Waals surface area contributed by atoms with Gasteiger partial charge in [0, 0.05) is 6.42 Å². The fourth-order valence-electron chi connectivity index (χ4n) is 3.30. The van der Waals surface area contributed by atoms with Gasteiger partial charge in [0.05, 0.1) is 22.6 Å². The van der Waals surface area contributed by atoms with Crippen LogP contribution < -0.4 is 5.32 Å². The van der Waals surface area contributed by atoms with Crippen molar-refractivity contribution in [1.82, 2.24) is 10.4 Å². The summed E-state index contributed by atoms with van der Waals surface area (Å²) in [5.74, 6) is -2.28. The van der Waals surface area contributed by atoms with Crippen molar-refractivity contribution in [1.29, 1.82) is 0 Å². The molecular weight excluding hydrogens is 288 g/mol. The molecular formula is C15H12N2O5. The Morgan fingerprint density at radius 1 is 1.14 bits per heavy atom. The lowest BCUT2D eigenvalue weighted by atomic mass is 9.63. The normalized spacial score (nSPS) is 28.8. The van der Waals surface area contributed by atoms with Gasteiger partial charge in [-0.05, 0) is 25.0 Å². The minimum Gasteiger partial charge on any atom is -0.350 e. The van der Waals surface area contributed by atoms with Crippen molar-refractivity contribution >= 4 is 23.7 Å². The second kappa shape index (κ2) is 4.16. The number of nitrogens with one attached hydrogen (secondary N) is 1. The summed E-state index contributed by atoms with van der Waals surface area (Å²) in [6.07, 6.45) is 1.39. The van der Waals surface area contributed by atoms with E-state index in [4.69, 9.17) is 4.84 Å². The van der Waals surface area contributed by atoms with Crippen molar-refractivity contribution < 1.29 is 24.0 Å². The van der Waals surface area contributed by atoms with Crippen LogP contribution in [0, 0.1) is 5.92 Å². The number of hydrogen-bond acceptors (Lipinski definition) is 5.